The van der Waals surface area contributed by atoms with E-state index in [1.165, 1.54) is 68.9 Å². The molecule has 12 amide bonds. The molecular formula is C72H103F5N12O12. The van der Waals surface area contributed by atoms with E-state index < -0.39 is 193 Å². The zero-order valence-corrected chi connectivity index (χ0v) is 60.4. The minimum Gasteiger partial charge on any atom is -0.343 e. The van der Waals surface area contributed by atoms with Gasteiger partial charge in [0.15, 0.2) is 0 Å². The van der Waals surface area contributed by atoms with Gasteiger partial charge in [0.05, 0.1) is 26.1 Å². The second-order valence-electron chi connectivity index (χ2n) is 28.5. The van der Waals surface area contributed by atoms with Gasteiger partial charge in [-0.2, -0.15) is 13.2 Å². The van der Waals surface area contributed by atoms with Crippen LogP contribution < -0.4 is 16.0 Å². The van der Waals surface area contributed by atoms with Gasteiger partial charge in [0.25, 0.3) is 0 Å². The van der Waals surface area contributed by atoms with Gasteiger partial charge in [0, 0.05) is 75.4 Å². The number of likely N-dealkylation sites (tertiary alicyclic amines) is 1. The van der Waals surface area contributed by atoms with Crippen LogP contribution in [0.2, 0.25) is 0 Å². The maximum atomic E-state index is 15.7. The SMILES string of the molecule is CCC[C@H]1C(=O)N[C@@H]([C@@H](C)CC)C(=O)N(C)CC(=O)N(C)CC(=O)N(C)[C@@H](Cc2ccc(C)cc2)C(=O)N(C)CC(=O)N[C@@H](CCc2cc(F)c(C(F)(F)F)c(F)c2)C(=O)N2CCCC2C(=O)NC2(CCCC2)C(=O)N(C)[C@@H](C2CCCCC2)C(=O)N(C)[C@H](C(=O)N2CCCC2)CC(=O)N1C. The lowest BCUT2D eigenvalue weighted by Gasteiger charge is -2.43. The highest BCUT2D eigenvalue weighted by molar-refractivity contribution is 6.01. The summed E-state index contributed by atoms with van der Waals surface area (Å²) in [5.41, 5.74) is -2.60. The minimum atomic E-state index is -5.39. The van der Waals surface area contributed by atoms with Crippen molar-refractivity contribution in [3.63, 3.8) is 0 Å². The zero-order chi connectivity index (χ0) is 74.5. The number of benzene rings is 2. The second-order valence-corrected chi connectivity index (χ2v) is 28.5. The summed E-state index contributed by atoms with van der Waals surface area (Å²) in [4.78, 5) is 189. The first-order chi connectivity index (χ1) is 47.6. The molecule has 101 heavy (non-hydrogen) atoms. The first-order valence-electron chi connectivity index (χ1n) is 35.6. The number of nitrogens with zero attached hydrogens (tertiary/aromatic N) is 9. The molecule has 0 aromatic heterocycles. The molecular weight excluding hydrogens is 1320 g/mol. The lowest BCUT2D eigenvalue weighted by atomic mass is 9.81. The quantitative estimate of drug-likeness (QED) is 0.251. The van der Waals surface area contributed by atoms with Gasteiger partial charge in [-0.25, -0.2) is 8.78 Å². The van der Waals surface area contributed by atoms with Crippen molar-refractivity contribution in [3.05, 3.63) is 70.3 Å². The van der Waals surface area contributed by atoms with Crippen molar-refractivity contribution >= 4 is 70.9 Å². The van der Waals surface area contributed by atoms with E-state index in [-0.39, 0.29) is 50.6 Å². The number of carbonyl (C=O) groups is 12. The highest BCUT2D eigenvalue weighted by Crippen LogP contribution is 2.38. The second kappa shape index (κ2) is 35.1. The Bertz CT molecular complexity index is 3340. The fraction of sp³-hybridized carbons (Fsp3) is 0.667. The number of amides is 12. The number of nitrogens with one attached hydrogen (secondary N) is 3. The number of likely N-dealkylation sites (N-methyl/N-ethyl adjacent to an activating group) is 7. The molecule has 5 fully saturated rings. The summed E-state index contributed by atoms with van der Waals surface area (Å²) in [6.07, 6.45) is -0.0537. The number of hydrogen-bond acceptors (Lipinski definition) is 12. The molecule has 5 aliphatic rings. The molecule has 3 heterocycles. The maximum absolute atomic E-state index is 15.7. The van der Waals surface area contributed by atoms with Crippen LogP contribution in [-0.4, -0.2) is 251 Å². The molecule has 1 spiro atoms. The van der Waals surface area contributed by atoms with Crippen molar-refractivity contribution in [1.29, 1.82) is 0 Å². The average molecular weight is 1420 g/mol. The summed E-state index contributed by atoms with van der Waals surface area (Å²) in [5, 5.41) is 8.47. The Labute approximate surface area is 589 Å². The number of hydrogen-bond donors (Lipinski definition) is 3. The minimum absolute atomic E-state index is 0.0525. The number of rotatable bonds is 11. The van der Waals surface area contributed by atoms with Crippen molar-refractivity contribution in [3.8, 4) is 0 Å². The lowest BCUT2D eigenvalue weighted by molar-refractivity contribution is -0.156. The smallest absolute Gasteiger partial charge is 0.343 e. The predicted octanol–water partition coefficient (Wildman–Crippen LogP) is 4.99. The van der Waals surface area contributed by atoms with E-state index in [4.69, 9.17) is 0 Å². The summed E-state index contributed by atoms with van der Waals surface area (Å²) < 4.78 is 71.4. The van der Waals surface area contributed by atoms with Crippen LogP contribution in [0.15, 0.2) is 36.4 Å². The van der Waals surface area contributed by atoms with Crippen LogP contribution in [0.5, 0.6) is 0 Å². The number of fused-ring (bicyclic) bond motifs is 1. The first-order valence-corrected chi connectivity index (χ1v) is 35.6. The van der Waals surface area contributed by atoms with Crippen LogP contribution in [0, 0.1) is 30.4 Å². The Morgan fingerprint density at radius 2 is 1.20 bits per heavy atom. The molecule has 29 heteroatoms. The Kier molecular flexibility index (Phi) is 27.8. The number of aryl methyl sites for hydroxylation is 2. The predicted molar refractivity (Wildman–Crippen MR) is 363 cm³/mol. The molecule has 2 saturated carbocycles. The molecule has 0 bridgehead atoms. The normalized spacial score (nSPS) is 25.5. The summed E-state index contributed by atoms with van der Waals surface area (Å²) in [6, 6.07) is -1.36. The van der Waals surface area contributed by atoms with Crippen molar-refractivity contribution in [2.24, 2.45) is 11.8 Å². The van der Waals surface area contributed by atoms with Gasteiger partial charge in [-0.15, -0.1) is 0 Å². The van der Waals surface area contributed by atoms with Gasteiger partial charge < -0.3 is 60.0 Å². The molecule has 2 aromatic rings. The number of halogens is 5. The van der Waals surface area contributed by atoms with E-state index in [9.17, 15) is 51.5 Å². The molecule has 2 aliphatic carbocycles. The highest BCUT2D eigenvalue weighted by atomic mass is 19.4. The van der Waals surface area contributed by atoms with Crippen LogP contribution in [-0.2, 0) is 76.6 Å². The Hall–Kier alpha value is -8.27. The van der Waals surface area contributed by atoms with Crippen molar-refractivity contribution in [2.75, 3.05) is 88.6 Å². The molecule has 3 N–H and O–H groups in total. The zero-order valence-electron chi connectivity index (χ0n) is 60.4. The summed E-state index contributed by atoms with van der Waals surface area (Å²) in [5.74, 6) is -13.4. The molecule has 0 radical (unpaired) electrons. The van der Waals surface area contributed by atoms with Gasteiger partial charge in [-0.1, -0.05) is 95.5 Å². The van der Waals surface area contributed by atoms with Crippen LogP contribution in [0.3, 0.4) is 0 Å². The van der Waals surface area contributed by atoms with E-state index >= 15 is 28.0 Å². The maximum Gasteiger partial charge on any atom is 0.422 e. The van der Waals surface area contributed by atoms with Crippen LogP contribution in [0.1, 0.15) is 159 Å². The monoisotopic (exact) mass is 1420 g/mol. The van der Waals surface area contributed by atoms with Crippen LogP contribution in [0.4, 0.5) is 22.0 Å². The van der Waals surface area contributed by atoms with Crippen molar-refractivity contribution < 1.29 is 79.5 Å². The van der Waals surface area contributed by atoms with E-state index in [1.807, 2.05) is 20.8 Å². The topological polar surface area (TPSA) is 270 Å². The molecule has 3 aliphatic heterocycles. The van der Waals surface area contributed by atoms with E-state index in [0.29, 0.717) is 95.0 Å². The standard InChI is InChI=1S/C72H103F5N12O12/c1-12-22-52-63(94)79-61(45(4)13-2)68(99)83(7)42-58(92)81(5)43-59(93)85(9)54(39-46-28-26-44(3)27-29-46)66(97)82(6)41-56(90)78-51(31-30-47-37-49(73)60(50(74)38-47)72(75,76)77)65(96)89-36-21-25-53(89)64(95)80-71(32-17-18-33-71)70(101)87(11)62(48-23-15-14-16-24-48)69(100)86(10)55(40-57(91)84(52)8)67(98)88-34-19-20-35-88/h26-29,37-38,45,48,51-55,61-62H,12-25,30-36,39-43H2,1-11H3,(H,78,90)(H,79,94)(H,80,95)/t45-,51-,52-,53?,54-,55-,61-,62-/m0/s1. The fourth-order valence-corrected chi connectivity index (χ4v) is 14.8. The van der Waals surface area contributed by atoms with E-state index in [1.54, 1.807) is 36.1 Å². The summed E-state index contributed by atoms with van der Waals surface area (Å²) >= 11 is 0. The third kappa shape index (κ3) is 19.5. The van der Waals surface area contributed by atoms with Gasteiger partial charge in [-0.3, -0.25) is 57.5 Å². The molecule has 3 saturated heterocycles. The summed E-state index contributed by atoms with van der Waals surface area (Å²) in [6.45, 7) is 5.86. The number of carbonyl (C=O) groups excluding carboxylic acids is 12. The Morgan fingerprint density at radius 1 is 0.604 bits per heavy atom. The third-order valence-electron chi connectivity index (χ3n) is 21.3. The average Bonchev–Trinajstić information content (AvgIpc) is 1.76. The fourth-order valence-electron chi connectivity index (χ4n) is 14.8. The van der Waals surface area contributed by atoms with Crippen molar-refractivity contribution in [1.82, 2.24) is 60.0 Å². The van der Waals surface area contributed by atoms with Gasteiger partial charge in [0.1, 0.15) is 65.0 Å². The Morgan fingerprint density at radius 3 is 1.79 bits per heavy atom. The van der Waals surface area contributed by atoms with Gasteiger partial charge in [-0.05, 0) is 113 Å². The molecule has 2 aromatic carbocycles. The molecule has 8 atom stereocenters. The van der Waals surface area contributed by atoms with Crippen LogP contribution in [0.25, 0.3) is 0 Å². The Balaban J connectivity index is 1.29. The van der Waals surface area contributed by atoms with Gasteiger partial charge in [0.2, 0.25) is 70.9 Å². The first kappa shape index (κ1) is 80.0. The molecule has 24 nitrogen and oxygen atoms in total. The largest absolute Gasteiger partial charge is 0.422 e. The lowest BCUT2D eigenvalue weighted by Crippen LogP contribution is -2.65. The highest BCUT2D eigenvalue weighted by Gasteiger charge is 2.52. The number of alkyl halides is 3. The molecule has 1 unspecified atom stereocenters. The van der Waals surface area contributed by atoms with E-state index in [2.05, 4.69) is 16.0 Å². The van der Waals surface area contributed by atoms with Crippen LogP contribution >= 0.6 is 0 Å². The third-order valence-corrected chi connectivity index (χ3v) is 21.3. The molecule has 7 rings (SSSR count). The molecule has 558 valence electrons. The van der Waals surface area contributed by atoms with E-state index in [0.717, 1.165) is 31.6 Å². The van der Waals surface area contributed by atoms with Gasteiger partial charge >= 0.3 is 6.18 Å². The van der Waals surface area contributed by atoms with Crippen molar-refractivity contribution in [2.45, 2.75) is 210 Å². The summed E-state index contributed by atoms with van der Waals surface area (Å²) in [7, 11) is 9.58.